The molecule has 16 heavy (non-hydrogen) atoms. The second-order valence-corrected chi connectivity index (χ2v) is 5.94. The van der Waals surface area contributed by atoms with Gasteiger partial charge in [0.1, 0.15) is 5.82 Å². The number of hydrogen-bond acceptors (Lipinski definition) is 2. The number of nitrogens with one attached hydrogen (secondary N) is 1. The van der Waals surface area contributed by atoms with Crippen molar-refractivity contribution < 1.29 is 4.39 Å². The fourth-order valence-electron chi connectivity index (χ4n) is 1.52. The summed E-state index contributed by atoms with van der Waals surface area (Å²) in [4.78, 5) is 0. The van der Waals surface area contributed by atoms with Gasteiger partial charge in [-0.05, 0) is 29.5 Å². The first-order valence-corrected chi connectivity index (χ1v) is 6.04. The van der Waals surface area contributed by atoms with Crippen molar-refractivity contribution >= 4 is 15.9 Å². The van der Waals surface area contributed by atoms with Crippen LogP contribution in [0.5, 0.6) is 0 Å². The Labute approximate surface area is 105 Å². The fourth-order valence-corrected chi connectivity index (χ4v) is 1.86. The van der Waals surface area contributed by atoms with Crippen molar-refractivity contribution in [2.45, 2.75) is 33.2 Å². The first-order chi connectivity index (χ1) is 7.34. The molecule has 0 aromatic heterocycles. The predicted molar refractivity (Wildman–Crippen MR) is 68.4 cm³/mol. The van der Waals surface area contributed by atoms with Crippen molar-refractivity contribution in [1.29, 1.82) is 0 Å². The van der Waals surface area contributed by atoms with E-state index in [4.69, 9.17) is 5.84 Å². The summed E-state index contributed by atoms with van der Waals surface area (Å²) < 4.78 is 14.4. The topological polar surface area (TPSA) is 38.0 Å². The van der Waals surface area contributed by atoms with Crippen molar-refractivity contribution in [2.24, 2.45) is 11.3 Å². The molecule has 0 saturated carbocycles. The van der Waals surface area contributed by atoms with Crippen molar-refractivity contribution in [3.8, 4) is 0 Å². The molecule has 1 unspecified atom stereocenters. The summed E-state index contributed by atoms with van der Waals surface area (Å²) in [5.41, 5.74) is 3.43. The highest BCUT2D eigenvalue weighted by molar-refractivity contribution is 9.10. The first kappa shape index (κ1) is 13.6. The molecule has 1 atom stereocenters. The summed E-state index contributed by atoms with van der Waals surface area (Å²) >= 11 is 3.24. The molecule has 3 N–H and O–H groups in total. The van der Waals surface area contributed by atoms with Gasteiger partial charge >= 0.3 is 0 Å². The molecule has 0 bridgehead atoms. The second-order valence-electron chi connectivity index (χ2n) is 5.03. The number of hydrogen-bond donors (Lipinski definition) is 2. The van der Waals surface area contributed by atoms with Crippen LogP contribution in [0.25, 0.3) is 0 Å². The molecule has 0 spiro atoms. The van der Waals surface area contributed by atoms with Gasteiger partial charge in [-0.1, -0.05) is 42.8 Å². The standard InChI is InChI=1S/C12H18BrFN2/c1-12(2,3)11(16-15)6-8-4-5-9(13)7-10(8)14/h4-5,7,11,16H,6,15H2,1-3H3. The zero-order chi connectivity index (χ0) is 12.3. The SMILES string of the molecule is CC(C)(C)C(Cc1ccc(Br)cc1F)NN. The van der Waals surface area contributed by atoms with Crippen molar-refractivity contribution in [1.82, 2.24) is 5.43 Å². The van der Waals surface area contributed by atoms with E-state index in [1.807, 2.05) is 6.07 Å². The monoisotopic (exact) mass is 288 g/mol. The fraction of sp³-hybridized carbons (Fsp3) is 0.500. The number of nitrogens with two attached hydrogens (primary N) is 1. The molecule has 0 aliphatic carbocycles. The number of benzene rings is 1. The lowest BCUT2D eigenvalue weighted by Gasteiger charge is -2.30. The van der Waals surface area contributed by atoms with Gasteiger partial charge in [0.05, 0.1) is 0 Å². The van der Waals surface area contributed by atoms with Crippen LogP contribution in [0.3, 0.4) is 0 Å². The van der Waals surface area contributed by atoms with Crippen LogP contribution in [0.1, 0.15) is 26.3 Å². The van der Waals surface area contributed by atoms with Gasteiger partial charge in [-0.15, -0.1) is 0 Å². The lowest BCUT2D eigenvalue weighted by molar-refractivity contribution is 0.267. The first-order valence-electron chi connectivity index (χ1n) is 5.24. The second kappa shape index (κ2) is 5.25. The molecular formula is C12H18BrFN2. The van der Waals surface area contributed by atoms with Crippen molar-refractivity contribution in [3.05, 3.63) is 34.1 Å². The maximum atomic E-state index is 13.6. The van der Waals surface area contributed by atoms with Crippen molar-refractivity contribution in [2.75, 3.05) is 0 Å². The molecule has 4 heteroatoms. The Morgan fingerprint density at radius 2 is 2.06 bits per heavy atom. The van der Waals surface area contributed by atoms with Gasteiger partial charge < -0.3 is 0 Å². The third kappa shape index (κ3) is 3.54. The Hall–Kier alpha value is -0.450. The maximum Gasteiger partial charge on any atom is 0.127 e. The summed E-state index contributed by atoms with van der Waals surface area (Å²) in [5, 5.41) is 0. The van der Waals surface area contributed by atoms with E-state index in [1.165, 1.54) is 6.07 Å². The Morgan fingerprint density at radius 3 is 2.50 bits per heavy atom. The van der Waals surface area contributed by atoms with Crippen LogP contribution in [-0.2, 0) is 6.42 Å². The quantitative estimate of drug-likeness (QED) is 0.663. The number of halogens is 2. The molecule has 0 heterocycles. The van der Waals surface area contributed by atoms with Crippen LogP contribution >= 0.6 is 15.9 Å². The number of hydrazine groups is 1. The summed E-state index contributed by atoms with van der Waals surface area (Å²) in [5.74, 6) is 5.31. The van der Waals surface area contributed by atoms with Crippen LogP contribution in [0.4, 0.5) is 4.39 Å². The van der Waals surface area contributed by atoms with E-state index in [0.717, 1.165) is 4.47 Å². The molecule has 0 fully saturated rings. The third-order valence-corrected chi connectivity index (χ3v) is 3.18. The molecular weight excluding hydrogens is 271 g/mol. The van der Waals surface area contributed by atoms with Gasteiger partial charge in [0.15, 0.2) is 0 Å². The molecule has 1 aromatic carbocycles. The van der Waals surface area contributed by atoms with E-state index in [0.29, 0.717) is 12.0 Å². The highest BCUT2D eigenvalue weighted by atomic mass is 79.9. The molecule has 90 valence electrons. The molecule has 1 rings (SSSR count). The highest BCUT2D eigenvalue weighted by Crippen LogP contribution is 2.24. The smallest absolute Gasteiger partial charge is 0.127 e. The average molecular weight is 289 g/mol. The molecule has 0 radical (unpaired) electrons. The average Bonchev–Trinajstić information content (AvgIpc) is 2.14. The van der Waals surface area contributed by atoms with Gasteiger partial charge in [-0.3, -0.25) is 11.3 Å². The van der Waals surface area contributed by atoms with E-state index in [-0.39, 0.29) is 17.3 Å². The largest absolute Gasteiger partial charge is 0.271 e. The normalized spacial score (nSPS) is 13.9. The highest BCUT2D eigenvalue weighted by Gasteiger charge is 2.24. The Morgan fingerprint density at radius 1 is 1.44 bits per heavy atom. The molecule has 0 aliphatic heterocycles. The van der Waals surface area contributed by atoms with Crippen LogP contribution in [0.15, 0.2) is 22.7 Å². The zero-order valence-corrected chi connectivity index (χ0v) is 11.4. The maximum absolute atomic E-state index is 13.6. The minimum atomic E-state index is -0.195. The minimum Gasteiger partial charge on any atom is -0.271 e. The van der Waals surface area contributed by atoms with Crippen molar-refractivity contribution in [3.63, 3.8) is 0 Å². The zero-order valence-electron chi connectivity index (χ0n) is 9.85. The molecule has 2 nitrogen and oxygen atoms in total. The van der Waals surface area contributed by atoms with Gasteiger partial charge in [0.25, 0.3) is 0 Å². The lowest BCUT2D eigenvalue weighted by atomic mass is 9.83. The van der Waals surface area contributed by atoms with Crippen LogP contribution in [0, 0.1) is 11.2 Å². The van der Waals surface area contributed by atoms with E-state index in [1.54, 1.807) is 6.07 Å². The van der Waals surface area contributed by atoms with Crippen LogP contribution in [0.2, 0.25) is 0 Å². The van der Waals surface area contributed by atoms with Crippen LogP contribution in [-0.4, -0.2) is 6.04 Å². The lowest BCUT2D eigenvalue weighted by Crippen LogP contribution is -2.45. The summed E-state index contributed by atoms with van der Waals surface area (Å²) in [7, 11) is 0. The van der Waals surface area contributed by atoms with Gasteiger partial charge in [-0.2, -0.15) is 0 Å². The molecule has 1 aromatic rings. The van der Waals surface area contributed by atoms with Gasteiger partial charge in [0, 0.05) is 10.5 Å². The number of rotatable bonds is 3. The Balaban J connectivity index is 2.86. The van der Waals surface area contributed by atoms with E-state index in [9.17, 15) is 4.39 Å². The molecule has 0 aliphatic rings. The summed E-state index contributed by atoms with van der Waals surface area (Å²) in [6.07, 6.45) is 0.582. The third-order valence-electron chi connectivity index (χ3n) is 2.69. The van der Waals surface area contributed by atoms with E-state index >= 15 is 0 Å². The minimum absolute atomic E-state index is 0.00569. The van der Waals surface area contributed by atoms with Gasteiger partial charge in [0.2, 0.25) is 0 Å². The van der Waals surface area contributed by atoms with Gasteiger partial charge in [-0.25, -0.2) is 4.39 Å². The van der Waals surface area contributed by atoms with Crippen LogP contribution < -0.4 is 11.3 Å². The van der Waals surface area contributed by atoms with E-state index < -0.39 is 0 Å². The Kier molecular flexibility index (Phi) is 4.47. The Bertz CT molecular complexity index is 361. The predicted octanol–water partition coefficient (Wildman–Crippen LogP) is 3.01. The molecule has 0 amide bonds. The summed E-state index contributed by atoms with van der Waals surface area (Å²) in [6.45, 7) is 6.23. The summed E-state index contributed by atoms with van der Waals surface area (Å²) in [6, 6.07) is 5.15. The molecule has 0 saturated heterocycles. The van der Waals surface area contributed by atoms with E-state index in [2.05, 4.69) is 42.1 Å².